The Morgan fingerprint density at radius 2 is 0.957 bits per heavy atom. The van der Waals surface area contributed by atoms with Crippen molar-refractivity contribution in [2.24, 2.45) is 0 Å². The van der Waals surface area contributed by atoms with Crippen LogP contribution in [0.4, 0.5) is 0 Å². The van der Waals surface area contributed by atoms with Crippen LogP contribution < -0.4 is 0 Å². The second-order valence-corrected chi connectivity index (χ2v) is 12.9. The molecule has 3 nitrogen and oxygen atoms in total. The molecule has 0 atom stereocenters. The average molecular weight is 602 g/mol. The molecule has 3 heteroatoms. The van der Waals surface area contributed by atoms with Gasteiger partial charge in [0.25, 0.3) is 0 Å². The van der Waals surface area contributed by atoms with Crippen LogP contribution in [0.25, 0.3) is 78.0 Å². The van der Waals surface area contributed by atoms with E-state index in [1.54, 1.807) is 0 Å². The first kappa shape index (κ1) is 27.4. The lowest BCUT2D eigenvalue weighted by molar-refractivity contribution is 0.666. The lowest BCUT2D eigenvalue weighted by Gasteiger charge is -2.23. The molecule has 0 fully saturated rings. The fraction of sp³-hybridized carbons (Fsp3) is 0.0682. The van der Waals surface area contributed by atoms with Gasteiger partial charge in [0.15, 0.2) is 17.5 Å². The van der Waals surface area contributed by atoms with Crippen molar-refractivity contribution >= 4 is 21.5 Å². The summed E-state index contributed by atoms with van der Waals surface area (Å²) >= 11 is 0. The summed E-state index contributed by atoms with van der Waals surface area (Å²) in [5.41, 5.74) is 10.3. The van der Waals surface area contributed by atoms with Crippen LogP contribution in [-0.4, -0.2) is 15.0 Å². The minimum absolute atomic E-state index is 0.126. The second-order valence-electron chi connectivity index (χ2n) is 12.9. The van der Waals surface area contributed by atoms with Crippen molar-refractivity contribution in [2.45, 2.75) is 19.3 Å². The number of hydrogen-bond acceptors (Lipinski definition) is 3. The molecule has 0 N–H and O–H groups in total. The van der Waals surface area contributed by atoms with E-state index in [1.165, 1.54) is 38.4 Å². The van der Waals surface area contributed by atoms with Crippen LogP contribution in [0.15, 0.2) is 152 Å². The lowest BCUT2D eigenvalue weighted by atomic mass is 9.80. The molecule has 0 amide bonds. The van der Waals surface area contributed by atoms with Crippen molar-refractivity contribution in [1.82, 2.24) is 15.0 Å². The van der Waals surface area contributed by atoms with E-state index in [0.717, 1.165) is 33.2 Å². The van der Waals surface area contributed by atoms with E-state index in [9.17, 15) is 0 Å². The van der Waals surface area contributed by atoms with Crippen molar-refractivity contribution in [3.8, 4) is 56.4 Å². The molecule has 1 aliphatic carbocycles. The summed E-state index contributed by atoms with van der Waals surface area (Å²) in [6.07, 6.45) is 0. The zero-order chi connectivity index (χ0) is 31.5. The van der Waals surface area contributed by atoms with E-state index >= 15 is 0 Å². The molecule has 0 unspecified atom stereocenters. The van der Waals surface area contributed by atoms with Gasteiger partial charge in [-0.05, 0) is 67.1 Å². The Morgan fingerprint density at radius 3 is 1.74 bits per heavy atom. The Balaban J connectivity index is 1.28. The molecule has 0 saturated heterocycles. The van der Waals surface area contributed by atoms with Gasteiger partial charge in [0.2, 0.25) is 0 Å². The summed E-state index contributed by atoms with van der Waals surface area (Å²) in [6.45, 7) is 4.67. The van der Waals surface area contributed by atoms with Crippen LogP contribution in [0.3, 0.4) is 0 Å². The Bertz CT molecular complexity index is 2490. The third kappa shape index (κ3) is 4.46. The Morgan fingerprint density at radius 1 is 0.383 bits per heavy atom. The predicted octanol–water partition coefficient (Wildman–Crippen LogP) is 11.2. The monoisotopic (exact) mass is 601 g/mol. The van der Waals surface area contributed by atoms with E-state index in [0.29, 0.717) is 17.5 Å². The van der Waals surface area contributed by atoms with Crippen molar-refractivity contribution in [3.05, 3.63) is 163 Å². The maximum absolute atomic E-state index is 5.20. The lowest BCUT2D eigenvalue weighted by Crippen LogP contribution is -2.15. The van der Waals surface area contributed by atoms with Gasteiger partial charge in [-0.2, -0.15) is 0 Å². The summed E-state index contributed by atoms with van der Waals surface area (Å²) in [6, 6.07) is 53.6. The molecular weight excluding hydrogens is 571 g/mol. The van der Waals surface area contributed by atoms with Gasteiger partial charge < -0.3 is 0 Å². The van der Waals surface area contributed by atoms with Gasteiger partial charge in [-0.3, -0.25) is 0 Å². The number of nitrogens with zero attached hydrogens (tertiary/aromatic N) is 3. The Kier molecular flexibility index (Phi) is 6.16. The summed E-state index contributed by atoms with van der Waals surface area (Å²) in [4.78, 5) is 15.5. The van der Waals surface area contributed by atoms with Crippen molar-refractivity contribution in [1.29, 1.82) is 0 Å². The maximum atomic E-state index is 5.20. The predicted molar refractivity (Wildman–Crippen MR) is 194 cm³/mol. The molecule has 1 aromatic heterocycles. The first-order valence-electron chi connectivity index (χ1n) is 16.1. The number of benzene rings is 7. The van der Waals surface area contributed by atoms with Gasteiger partial charge >= 0.3 is 0 Å². The molecular formula is C44H31N3. The standard InChI is InChI=1S/C44H31N3/c1-44(2)39-19-11-10-17-35(39)36-25-24-30-21-23-33(27-38(30)40(36)44)42-45-41(32-22-20-28-12-6-7-15-31(28)26-32)46-43(47-42)37-18-9-8-16-34(37)29-13-4-3-5-14-29/h3-27H,1-2H3. The van der Waals surface area contributed by atoms with E-state index in [4.69, 9.17) is 15.0 Å². The summed E-state index contributed by atoms with van der Waals surface area (Å²) < 4.78 is 0. The highest BCUT2D eigenvalue weighted by Gasteiger charge is 2.36. The van der Waals surface area contributed by atoms with Crippen LogP contribution in [0.2, 0.25) is 0 Å². The van der Waals surface area contributed by atoms with Crippen molar-refractivity contribution in [3.63, 3.8) is 0 Å². The molecule has 9 rings (SSSR count). The molecule has 47 heavy (non-hydrogen) atoms. The summed E-state index contributed by atoms with van der Waals surface area (Å²) in [5, 5.41) is 4.79. The van der Waals surface area contributed by atoms with Crippen LogP contribution >= 0.6 is 0 Å². The largest absolute Gasteiger partial charge is 0.208 e. The van der Waals surface area contributed by atoms with Gasteiger partial charge in [0.05, 0.1) is 0 Å². The Hall–Kier alpha value is -5.93. The van der Waals surface area contributed by atoms with E-state index < -0.39 is 0 Å². The van der Waals surface area contributed by atoms with Crippen LogP contribution in [0.5, 0.6) is 0 Å². The van der Waals surface area contributed by atoms with Gasteiger partial charge in [-0.15, -0.1) is 0 Å². The number of aromatic nitrogens is 3. The van der Waals surface area contributed by atoms with E-state index in [-0.39, 0.29) is 5.41 Å². The molecule has 1 aliphatic rings. The maximum Gasteiger partial charge on any atom is 0.164 e. The highest BCUT2D eigenvalue weighted by molar-refractivity contribution is 5.99. The van der Waals surface area contributed by atoms with Crippen LogP contribution in [0, 0.1) is 0 Å². The van der Waals surface area contributed by atoms with Crippen molar-refractivity contribution in [2.75, 3.05) is 0 Å². The smallest absolute Gasteiger partial charge is 0.164 e. The Labute approximate surface area is 274 Å². The zero-order valence-electron chi connectivity index (χ0n) is 26.3. The number of hydrogen-bond donors (Lipinski definition) is 0. The highest BCUT2D eigenvalue weighted by Crippen LogP contribution is 2.51. The minimum atomic E-state index is -0.126. The summed E-state index contributed by atoms with van der Waals surface area (Å²) in [5.74, 6) is 1.97. The molecule has 0 bridgehead atoms. The molecule has 0 aliphatic heterocycles. The highest BCUT2D eigenvalue weighted by atomic mass is 15.0. The first-order valence-corrected chi connectivity index (χ1v) is 16.1. The number of rotatable bonds is 4. The SMILES string of the molecule is CC1(C)c2ccccc2-c2ccc3ccc(-c4nc(-c5ccc6ccccc6c5)nc(-c5ccccc5-c5ccccc5)n4)cc3c21. The zero-order valence-corrected chi connectivity index (χ0v) is 26.3. The second kappa shape index (κ2) is 10.6. The summed E-state index contributed by atoms with van der Waals surface area (Å²) in [7, 11) is 0. The molecule has 0 saturated carbocycles. The molecule has 7 aromatic carbocycles. The third-order valence-corrected chi connectivity index (χ3v) is 9.69. The molecule has 0 radical (unpaired) electrons. The minimum Gasteiger partial charge on any atom is -0.208 e. The quantitative estimate of drug-likeness (QED) is 0.201. The van der Waals surface area contributed by atoms with Gasteiger partial charge in [-0.25, -0.2) is 15.0 Å². The normalized spacial score (nSPS) is 13.1. The van der Waals surface area contributed by atoms with Gasteiger partial charge in [0.1, 0.15) is 0 Å². The number of fused-ring (bicyclic) bond motifs is 6. The van der Waals surface area contributed by atoms with Gasteiger partial charge in [0, 0.05) is 22.1 Å². The fourth-order valence-electron chi connectivity index (χ4n) is 7.38. The van der Waals surface area contributed by atoms with Crippen LogP contribution in [-0.2, 0) is 5.41 Å². The molecule has 1 heterocycles. The topological polar surface area (TPSA) is 38.7 Å². The fourth-order valence-corrected chi connectivity index (χ4v) is 7.38. The average Bonchev–Trinajstić information content (AvgIpc) is 3.37. The van der Waals surface area contributed by atoms with Crippen molar-refractivity contribution < 1.29 is 0 Å². The molecule has 0 spiro atoms. The molecule has 8 aromatic rings. The third-order valence-electron chi connectivity index (χ3n) is 9.69. The first-order chi connectivity index (χ1) is 23.0. The molecule has 222 valence electrons. The van der Waals surface area contributed by atoms with E-state index in [2.05, 4.69) is 159 Å². The van der Waals surface area contributed by atoms with E-state index in [1.807, 2.05) is 6.07 Å². The van der Waals surface area contributed by atoms with Gasteiger partial charge in [-0.1, -0.05) is 153 Å². The van der Waals surface area contributed by atoms with Crippen LogP contribution in [0.1, 0.15) is 25.0 Å².